The highest BCUT2D eigenvalue weighted by Gasteiger charge is 2.42. The standard InChI is InChI=1S/C11H17NO4S/c13-9(8-1-6-17-7-8)12-11(10(14)15)2-4-16-5-3-11/h8H,1-7H2,(H,12,13)(H,14,15). The maximum atomic E-state index is 12.0. The summed E-state index contributed by atoms with van der Waals surface area (Å²) in [4.78, 5) is 23.3. The van der Waals surface area contributed by atoms with Crippen molar-refractivity contribution in [2.24, 2.45) is 5.92 Å². The van der Waals surface area contributed by atoms with Crippen LogP contribution in [-0.4, -0.2) is 47.2 Å². The van der Waals surface area contributed by atoms with Crippen molar-refractivity contribution in [3.8, 4) is 0 Å². The van der Waals surface area contributed by atoms with Gasteiger partial charge in [-0.25, -0.2) is 4.79 Å². The van der Waals surface area contributed by atoms with Crippen LogP contribution in [0.15, 0.2) is 0 Å². The molecule has 0 bridgehead atoms. The summed E-state index contributed by atoms with van der Waals surface area (Å²) >= 11 is 1.75. The number of carbonyl (C=O) groups excluding carboxylic acids is 1. The fraction of sp³-hybridized carbons (Fsp3) is 0.818. The van der Waals surface area contributed by atoms with E-state index in [0.717, 1.165) is 17.9 Å². The Kier molecular flexibility index (Phi) is 3.93. The van der Waals surface area contributed by atoms with E-state index >= 15 is 0 Å². The van der Waals surface area contributed by atoms with E-state index in [0.29, 0.717) is 26.1 Å². The van der Waals surface area contributed by atoms with Gasteiger partial charge >= 0.3 is 5.97 Å². The Labute approximate surface area is 104 Å². The van der Waals surface area contributed by atoms with Crippen molar-refractivity contribution in [1.29, 1.82) is 0 Å². The third-order valence-electron chi connectivity index (χ3n) is 3.42. The van der Waals surface area contributed by atoms with Crippen LogP contribution in [0.4, 0.5) is 0 Å². The molecule has 2 N–H and O–H groups in total. The lowest BCUT2D eigenvalue weighted by atomic mass is 9.89. The second-order valence-corrected chi connectivity index (χ2v) is 5.70. The third kappa shape index (κ3) is 2.74. The van der Waals surface area contributed by atoms with Crippen LogP contribution >= 0.6 is 11.8 Å². The van der Waals surface area contributed by atoms with Crippen LogP contribution < -0.4 is 5.32 Å². The summed E-state index contributed by atoms with van der Waals surface area (Å²) in [6.45, 7) is 0.790. The van der Waals surface area contributed by atoms with Gasteiger partial charge in [0.25, 0.3) is 0 Å². The maximum absolute atomic E-state index is 12.0. The lowest BCUT2D eigenvalue weighted by Gasteiger charge is -2.34. The molecule has 2 saturated heterocycles. The van der Waals surface area contributed by atoms with Crippen LogP contribution in [-0.2, 0) is 14.3 Å². The molecule has 1 amide bonds. The van der Waals surface area contributed by atoms with Crippen LogP contribution in [0.5, 0.6) is 0 Å². The number of aliphatic carboxylic acids is 1. The van der Waals surface area contributed by atoms with Gasteiger partial charge in [0, 0.05) is 37.7 Å². The number of nitrogens with one attached hydrogen (secondary N) is 1. The predicted octanol–water partition coefficient (Wildman–Crippen LogP) is 0.489. The monoisotopic (exact) mass is 259 g/mol. The van der Waals surface area contributed by atoms with Crippen molar-refractivity contribution >= 4 is 23.6 Å². The molecular weight excluding hydrogens is 242 g/mol. The fourth-order valence-electron chi connectivity index (χ4n) is 2.19. The Hall–Kier alpha value is -0.750. The Morgan fingerprint density at radius 2 is 2.06 bits per heavy atom. The lowest BCUT2D eigenvalue weighted by Crippen LogP contribution is -2.58. The number of carboxylic acids is 1. The van der Waals surface area contributed by atoms with Gasteiger partial charge in [0.1, 0.15) is 5.54 Å². The minimum absolute atomic E-state index is 0.0286. The Balaban J connectivity index is 2.01. The summed E-state index contributed by atoms with van der Waals surface area (Å²) in [5.74, 6) is 0.706. The molecule has 0 spiro atoms. The molecule has 2 fully saturated rings. The van der Waals surface area contributed by atoms with Crippen LogP contribution in [0, 0.1) is 5.92 Å². The summed E-state index contributed by atoms with van der Waals surface area (Å²) in [6.07, 6.45) is 1.56. The molecule has 6 heteroatoms. The molecule has 0 aromatic heterocycles. The third-order valence-corrected chi connectivity index (χ3v) is 4.58. The van der Waals surface area contributed by atoms with Gasteiger partial charge in [0.05, 0.1) is 0 Å². The van der Waals surface area contributed by atoms with E-state index in [9.17, 15) is 14.7 Å². The van der Waals surface area contributed by atoms with Crippen molar-refractivity contribution < 1.29 is 19.4 Å². The first-order valence-electron chi connectivity index (χ1n) is 5.85. The van der Waals surface area contributed by atoms with Crippen molar-refractivity contribution in [1.82, 2.24) is 5.32 Å². The van der Waals surface area contributed by atoms with E-state index in [2.05, 4.69) is 5.32 Å². The van der Waals surface area contributed by atoms with E-state index in [1.54, 1.807) is 11.8 Å². The average molecular weight is 259 g/mol. The minimum atomic E-state index is -1.11. The Morgan fingerprint density at radius 3 is 2.59 bits per heavy atom. The first kappa shape index (κ1) is 12.7. The minimum Gasteiger partial charge on any atom is -0.480 e. The van der Waals surface area contributed by atoms with Gasteiger partial charge in [0.15, 0.2) is 0 Å². The number of hydrogen-bond donors (Lipinski definition) is 2. The predicted molar refractivity (Wildman–Crippen MR) is 64.0 cm³/mol. The Bertz CT molecular complexity index is 309. The van der Waals surface area contributed by atoms with Crippen molar-refractivity contribution in [3.05, 3.63) is 0 Å². The van der Waals surface area contributed by atoms with Crippen LogP contribution in [0.25, 0.3) is 0 Å². The largest absolute Gasteiger partial charge is 0.480 e. The van der Waals surface area contributed by atoms with Crippen molar-refractivity contribution in [2.75, 3.05) is 24.7 Å². The van der Waals surface area contributed by atoms with Crippen LogP contribution in [0.2, 0.25) is 0 Å². The number of carbonyl (C=O) groups is 2. The first-order valence-corrected chi connectivity index (χ1v) is 7.00. The average Bonchev–Trinajstić information content (AvgIpc) is 2.83. The van der Waals surface area contributed by atoms with Gasteiger partial charge in [-0.1, -0.05) is 0 Å². The van der Waals surface area contributed by atoms with E-state index < -0.39 is 11.5 Å². The van der Waals surface area contributed by atoms with E-state index in [1.807, 2.05) is 0 Å². The second-order valence-electron chi connectivity index (χ2n) is 4.55. The summed E-state index contributed by atoms with van der Waals surface area (Å²) in [5, 5.41) is 12.0. The molecule has 0 aromatic carbocycles. The molecule has 2 heterocycles. The first-order chi connectivity index (χ1) is 8.14. The quantitative estimate of drug-likeness (QED) is 0.771. The summed E-state index contributed by atoms with van der Waals surface area (Å²) in [5.41, 5.74) is -1.11. The van der Waals surface area contributed by atoms with Crippen LogP contribution in [0.3, 0.4) is 0 Å². The normalized spacial score (nSPS) is 27.6. The highest BCUT2D eigenvalue weighted by atomic mass is 32.2. The second kappa shape index (κ2) is 5.27. The number of rotatable bonds is 3. The van der Waals surface area contributed by atoms with E-state index in [1.165, 1.54) is 0 Å². The van der Waals surface area contributed by atoms with Gasteiger partial charge in [-0.15, -0.1) is 0 Å². The molecule has 5 nitrogen and oxygen atoms in total. The van der Waals surface area contributed by atoms with Crippen LogP contribution in [0.1, 0.15) is 19.3 Å². The van der Waals surface area contributed by atoms with Crippen molar-refractivity contribution in [2.45, 2.75) is 24.8 Å². The molecule has 2 aliphatic heterocycles. The number of ether oxygens (including phenoxy) is 1. The maximum Gasteiger partial charge on any atom is 0.329 e. The van der Waals surface area contributed by atoms with Gasteiger partial charge in [-0.05, 0) is 12.2 Å². The molecule has 1 unspecified atom stereocenters. The number of hydrogen-bond acceptors (Lipinski definition) is 4. The zero-order valence-electron chi connectivity index (χ0n) is 9.61. The van der Waals surface area contributed by atoms with Gasteiger partial charge in [-0.3, -0.25) is 4.79 Å². The number of amides is 1. The summed E-state index contributed by atoms with van der Waals surface area (Å²) in [7, 11) is 0. The topological polar surface area (TPSA) is 75.6 Å². The van der Waals surface area contributed by atoms with Crippen molar-refractivity contribution in [3.63, 3.8) is 0 Å². The zero-order chi connectivity index (χ0) is 12.3. The highest BCUT2D eigenvalue weighted by molar-refractivity contribution is 7.99. The fourth-order valence-corrected chi connectivity index (χ4v) is 3.41. The smallest absolute Gasteiger partial charge is 0.329 e. The molecule has 0 radical (unpaired) electrons. The van der Waals surface area contributed by atoms with E-state index in [-0.39, 0.29) is 11.8 Å². The lowest BCUT2D eigenvalue weighted by molar-refractivity contribution is -0.152. The summed E-state index contributed by atoms with van der Waals surface area (Å²) in [6, 6.07) is 0. The molecule has 96 valence electrons. The molecule has 2 aliphatic rings. The van der Waals surface area contributed by atoms with Gasteiger partial charge in [0.2, 0.25) is 5.91 Å². The SMILES string of the molecule is O=C(NC1(C(=O)O)CCOCC1)C1CCSC1. The number of thioether (sulfide) groups is 1. The molecule has 0 saturated carbocycles. The zero-order valence-corrected chi connectivity index (χ0v) is 10.4. The van der Waals surface area contributed by atoms with Gasteiger partial charge < -0.3 is 15.2 Å². The molecule has 1 atom stereocenters. The van der Waals surface area contributed by atoms with Gasteiger partial charge in [-0.2, -0.15) is 11.8 Å². The molecule has 2 rings (SSSR count). The molecule has 17 heavy (non-hydrogen) atoms. The Morgan fingerprint density at radius 1 is 1.35 bits per heavy atom. The highest BCUT2D eigenvalue weighted by Crippen LogP contribution is 2.26. The molecule has 0 aromatic rings. The molecular formula is C11H17NO4S. The molecule has 0 aliphatic carbocycles. The van der Waals surface area contributed by atoms with E-state index in [4.69, 9.17) is 4.74 Å². The number of carboxylic acid groups (broad SMARTS) is 1. The summed E-state index contributed by atoms with van der Waals surface area (Å²) < 4.78 is 5.16.